The topological polar surface area (TPSA) is 84.0 Å². The number of amides is 1. The van der Waals surface area contributed by atoms with Crippen LogP contribution in [0, 0.1) is 5.82 Å². The van der Waals surface area contributed by atoms with E-state index in [9.17, 15) is 18.8 Å². The zero-order valence-electron chi connectivity index (χ0n) is 17.1. The fraction of sp³-hybridized carbons (Fsp3) is 0.227. The summed E-state index contributed by atoms with van der Waals surface area (Å²) in [6, 6.07) is 21.4. The third-order valence-electron chi connectivity index (χ3n) is 5.21. The van der Waals surface area contributed by atoms with Crippen molar-refractivity contribution in [1.29, 1.82) is 0 Å². The Hall–Kier alpha value is -2.91. The molecule has 0 bridgehead atoms. The molecular formula is C22H24FN3O3SSi. The number of nitrogens with zero attached hydrogens (tertiary/aromatic N) is 1. The minimum atomic E-state index is -1.88. The first-order valence-corrected chi connectivity index (χ1v) is 13.8. The molecule has 6 nitrogen and oxygen atoms in total. The Kier molecular flexibility index (Phi) is 7.64. The summed E-state index contributed by atoms with van der Waals surface area (Å²) in [6.07, 6.45) is 0.598. The van der Waals surface area contributed by atoms with E-state index in [0.29, 0.717) is 23.1 Å². The lowest BCUT2D eigenvalue weighted by Crippen LogP contribution is -2.55. The summed E-state index contributed by atoms with van der Waals surface area (Å²) < 4.78 is 13.8. The van der Waals surface area contributed by atoms with Crippen molar-refractivity contribution in [2.45, 2.75) is 12.6 Å². The molecule has 0 spiro atoms. The van der Waals surface area contributed by atoms with Crippen molar-refractivity contribution in [3.05, 3.63) is 93.5 Å². The van der Waals surface area contributed by atoms with Gasteiger partial charge >= 0.3 is 11.7 Å². The van der Waals surface area contributed by atoms with Crippen molar-refractivity contribution >= 4 is 36.2 Å². The Morgan fingerprint density at radius 1 is 1.03 bits per heavy atom. The van der Waals surface area contributed by atoms with Crippen LogP contribution in [-0.2, 0) is 0 Å². The SMILES string of the molecule is C[Si](CCSCCNC(=O)n1cc(F)c(=O)[nH]c1=O)(c1ccccc1)c1ccccc1. The van der Waals surface area contributed by atoms with Gasteiger partial charge in [0.2, 0.25) is 5.82 Å². The van der Waals surface area contributed by atoms with E-state index < -0.39 is 31.2 Å². The van der Waals surface area contributed by atoms with Crippen LogP contribution in [0.2, 0.25) is 12.6 Å². The number of aromatic amines is 1. The molecule has 0 atom stereocenters. The molecule has 0 aliphatic heterocycles. The molecule has 2 aromatic carbocycles. The molecule has 31 heavy (non-hydrogen) atoms. The molecule has 0 saturated carbocycles. The maximum atomic E-state index is 13.3. The highest BCUT2D eigenvalue weighted by Crippen LogP contribution is 2.15. The lowest BCUT2D eigenvalue weighted by atomic mass is 10.4. The van der Waals surface area contributed by atoms with Gasteiger partial charge in [-0.2, -0.15) is 16.2 Å². The molecule has 0 unspecified atom stereocenters. The average molecular weight is 458 g/mol. The van der Waals surface area contributed by atoms with Crippen LogP contribution < -0.4 is 26.9 Å². The number of carbonyl (C=O) groups excluding carboxylic acids is 1. The summed E-state index contributed by atoms with van der Waals surface area (Å²) in [6.45, 7) is 2.70. The van der Waals surface area contributed by atoms with Crippen molar-refractivity contribution in [3.63, 3.8) is 0 Å². The van der Waals surface area contributed by atoms with E-state index in [1.807, 2.05) is 12.1 Å². The van der Waals surface area contributed by atoms with E-state index >= 15 is 0 Å². The van der Waals surface area contributed by atoms with Gasteiger partial charge in [-0.25, -0.2) is 14.2 Å². The maximum absolute atomic E-state index is 13.3. The number of benzene rings is 2. The van der Waals surface area contributed by atoms with Crippen LogP contribution in [0.5, 0.6) is 0 Å². The highest BCUT2D eigenvalue weighted by atomic mass is 32.2. The second-order valence-electron chi connectivity index (χ2n) is 7.26. The molecule has 162 valence electrons. The summed E-state index contributed by atoms with van der Waals surface area (Å²) >= 11 is 1.72. The molecule has 9 heteroatoms. The number of H-pyrrole nitrogens is 1. The molecule has 0 aliphatic rings. The molecule has 0 fully saturated rings. The van der Waals surface area contributed by atoms with Gasteiger partial charge in [0.25, 0.3) is 5.56 Å². The van der Waals surface area contributed by atoms with E-state index in [4.69, 9.17) is 0 Å². The first-order valence-electron chi connectivity index (χ1n) is 9.90. The van der Waals surface area contributed by atoms with Gasteiger partial charge in [-0.1, -0.05) is 77.6 Å². The number of hydrogen-bond donors (Lipinski definition) is 2. The summed E-state index contributed by atoms with van der Waals surface area (Å²) in [5.74, 6) is 0.394. The molecule has 0 aliphatic carbocycles. The number of hydrogen-bond acceptors (Lipinski definition) is 4. The number of aromatic nitrogens is 2. The number of carbonyl (C=O) groups is 1. The summed E-state index contributed by atoms with van der Waals surface area (Å²) in [5.41, 5.74) is -2.11. The number of nitrogens with one attached hydrogen (secondary N) is 2. The van der Waals surface area contributed by atoms with Crippen molar-refractivity contribution < 1.29 is 9.18 Å². The monoisotopic (exact) mass is 457 g/mol. The average Bonchev–Trinajstić information content (AvgIpc) is 2.79. The van der Waals surface area contributed by atoms with Crippen LogP contribution in [0.15, 0.2) is 76.4 Å². The molecule has 3 rings (SSSR count). The van der Waals surface area contributed by atoms with E-state index in [2.05, 4.69) is 60.4 Å². The fourth-order valence-corrected chi connectivity index (χ4v) is 8.79. The Morgan fingerprint density at radius 3 is 2.19 bits per heavy atom. The largest absolute Gasteiger partial charge is 0.336 e. The standard InChI is InChI=1S/C22H24FN3O3SSi/c1-31(17-8-4-2-5-9-17,18-10-6-3-7-11-18)15-14-30-13-12-24-21(28)26-16-19(23)20(27)25-22(26)29/h2-11,16H,12-15H2,1H3,(H,24,28)(H,25,27,29). The molecule has 0 saturated heterocycles. The van der Waals surface area contributed by atoms with Gasteiger partial charge in [-0.15, -0.1) is 0 Å². The normalized spacial score (nSPS) is 11.3. The van der Waals surface area contributed by atoms with Gasteiger partial charge in [-0.3, -0.25) is 9.78 Å². The van der Waals surface area contributed by atoms with Crippen LogP contribution in [-0.4, -0.2) is 41.7 Å². The van der Waals surface area contributed by atoms with Crippen molar-refractivity contribution in [1.82, 2.24) is 14.9 Å². The van der Waals surface area contributed by atoms with E-state index in [0.717, 1.165) is 11.8 Å². The Morgan fingerprint density at radius 2 is 1.61 bits per heavy atom. The predicted molar refractivity (Wildman–Crippen MR) is 126 cm³/mol. The molecule has 2 N–H and O–H groups in total. The zero-order valence-corrected chi connectivity index (χ0v) is 19.0. The second kappa shape index (κ2) is 10.4. The van der Waals surface area contributed by atoms with Gasteiger partial charge < -0.3 is 5.32 Å². The van der Waals surface area contributed by atoms with E-state index in [1.165, 1.54) is 10.4 Å². The smallest absolute Gasteiger partial charge is 0.336 e. The molecule has 3 aromatic rings. The second-order valence-corrected chi connectivity index (χ2v) is 12.8. The lowest BCUT2D eigenvalue weighted by molar-refractivity contribution is 0.241. The van der Waals surface area contributed by atoms with E-state index in [-0.39, 0.29) is 0 Å². The predicted octanol–water partition coefficient (Wildman–Crippen LogP) is 1.86. The molecule has 1 heterocycles. The molecule has 1 amide bonds. The Balaban J connectivity index is 1.54. The number of rotatable bonds is 8. The number of thioether (sulfide) groups is 1. The maximum Gasteiger partial charge on any atom is 0.336 e. The zero-order chi connectivity index (χ0) is 22.3. The fourth-order valence-electron chi connectivity index (χ4n) is 3.36. The summed E-state index contributed by atoms with van der Waals surface area (Å²) in [7, 11) is -1.88. The highest BCUT2D eigenvalue weighted by molar-refractivity contribution is 7.99. The summed E-state index contributed by atoms with van der Waals surface area (Å²) in [5, 5.41) is 5.34. The van der Waals surface area contributed by atoms with Crippen LogP contribution in [0.1, 0.15) is 0 Å². The van der Waals surface area contributed by atoms with Gasteiger partial charge in [0, 0.05) is 12.3 Å². The minimum Gasteiger partial charge on any atom is -0.336 e. The van der Waals surface area contributed by atoms with Crippen molar-refractivity contribution in [2.24, 2.45) is 0 Å². The van der Waals surface area contributed by atoms with Gasteiger partial charge in [0.05, 0.1) is 6.20 Å². The molecular weight excluding hydrogens is 433 g/mol. The van der Waals surface area contributed by atoms with Crippen LogP contribution >= 0.6 is 11.8 Å². The highest BCUT2D eigenvalue weighted by Gasteiger charge is 2.30. The molecule has 1 aromatic heterocycles. The Bertz CT molecular complexity index is 1100. The van der Waals surface area contributed by atoms with Gasteiger partial charge in [-0.05, 0) is 11.8 Å². The van der Waals surface area contributed by atoms with Gasteiger partial charge in [0.15, 0.2) is 0 Å². The van der Waals surface area contributed by atoms with Crippen LogP contribution in [0.3, 0.4) is 0 Å². The van der Waals surface area contributed by atoms with Gasteiger partial charge in [0.1, 0.15) is 8.07 Å². The van der Waals surface area contributed by atoms with E-state index in [1.54, 1.807) is 16.7 Å². The minimum absolute atomic E-state index is 0.325. The first kappa shape index (κ1) is 22.8. The number of halogens is 1. The lowest BCUT2D eigenvalue weighted by Gasteiger charge is -2.28. The van der Waals surface area contributed by atoms with Crippen molar-refractivity contribution in [3.8, 4) is 0 Å². The summed E-state index contributed by atoms with van der Waals surface area (Å²) in [4.78, 5) is 36.5. The third-order valence-corrected chi connectivity index (χ3v) is 11.0. The first-order chi connectivity index (χ1) is 14.9. The van der Waals surface area contributed by atoms with Crippen molar-refractivity contribution in [2.75, 3.05) is 18.1 Å². The van der Waals surface area contributed by atoms with Crippen LogP contribution in [0.25, 0.3) is 0 Å². The van der Waals surface area contributed by atoms with Crippen LogP contribution in [0.4, 0.5) is 9.18 Å². The Labute approximate surface area is 184 Å². The third kappa shape index (κ3) is 5.62. The molecule has 0 radical (unpaired) electrons. The quantitative estimate of drug-likeness (QED) is 0.400.